The van der Waals surface area contributed by atoms with Gasteiger partial charge in [-0.15, -0.1) is 0 Å². The first-order valence-corrected chi connectivity index (χ1v) is 9.83. The van der Waals surface area contributed by atoms with Crippen molar-refractivity contribution in [3.63, 3.8) is 0 Å². The number of anilines is 1. The molecular weight excluding hydrogens is 410 g/mol. The lowest BCUT2D eigenvalue weighted by Gasteiger charge is -2.25. The van der Waals surface area contributed by atoms with Crippen LogP contribution in [-0.4, -0.2) is 36.1 Å². The summed E-state index contributed by atoms with van der Waals surface area (Å²) in [6.45, 7) is 0. The van der Waals surface area contributed by atoms with Crippen LogP contribution in [0.15, 0.2) is 78.4 Å². The lowest BCUT2D eigenvalue weighted by Crippen LogP contribution is -2.29. The van der Waals surface area contributed by atoms with Crippen molar-refractivity contribution in [2.24, 2.45) is 0 Å². The summed E-state index contributed by atoms with van der Waals surface area (Å²) in [5, 5.41) is 21.2. The molecule has 1 aliphatic rings. The van der Waals surface area contributed by atoms with Crippen molar-refractivity contribution in [1.29, 1.82) is 0 Å². The third-order valence-electron chi connectivity index (χ3n) is 5.34. The Bertz CT molecular complexity index is 1220. The Balaban J connectivity index is 1.96. The summed E-state index contributed by atoms with van der Waals surface area (Å²) in [4.78, 5) is 27.6. The predicted octanol–water partition coefficient (Wildman–Crippen LogP) is 4.04. The smallest absolute Gasteiger partial charge is 0.300 e. The van der Waals surface area contributed by atoms with E-state index in [1.165, 1.54) is 31.3 Å². The highest BCUT2D eigenvalue weighted by atomic mass is 16.5. The van der Waals surface area contributed by atoms with E-state index < -0.39 is 17.7 Å². The molecule has 0 aromatic heterocycles. The van der Waals surface area contributed by atoms with E-state index >= 15 is 0 Å². The number of carbonyl (C=O) groups is 2. The number of ketones is 1. The minimum Gasteiger partial charge on any atom is -0.508 e. The van der Waals surface area contributed by atoms with E-state index in [1.54, 1.807) is 60.7 Å². The van der Waals surface area contributed by atoms with E-state index in [0.29, 0.717) is 22.7 Å². The van der Waals surface area contributed by atoms with Crippen molar-refractivity contribution in [3.05, 3.63) is 89.5 Å². The number of hydrogen-bond acceptors (Lipinski definition) is 6. The van der Waals surface area contributed by atoms with Crippen LogP contribution < -0.4 is 14.4 Å². The van der Waals surface area contributed by atoms with E-state index in [-0.39, 0.29) is 22.6 Å². The van der Waals surface area contributed by atoms with Gasteiger partial charge in [0.25, 0.3) is 11.7 Å². The van der Waals surface area contributed by atoms with Gasteiger partial charge < -0.3 is 19.7 Å². The third kappa shape index (κ3) is 3.54. The minimum atomic E-state index is -0.958. The number of aliphatic hydroxyl groups excluding tert-OH is 1. The number of aromatic hydroxyl groups is 1. The zero-order chi connectivity index (χ0) is 22.8. The zero-order valence-electron chi connectivity index (χ0n) is 17.5. The Hall–Kier alpha value is -4.26. The van der Waals surface area contributed by atoms with Crippen molar-refractivity contribution in [3.8, 4) is 17.2 Å². The fraction of sp³-hybridized carbons (Fsp3) is 0.120. The second-order valence-corrected chi connectivity index (χ2v) is 7.16. The van der Waals surface area contributed by atoms with Gasteiger partial charge in [-0.25, -0.2) is 0 Å². The van der Waals surface area contributed by atoms with Crippen LogP contribution in [0.25, 0.3) is 5.76 Å². The standard InChI is InChI=1S/C25H21NO6/c1-31-18-12-10-16(11-13-18)26-22(15-6-5-7-17(27)14-15)21(24(29)25(26)30)23(28)19-8-3-4-9-20(19)32-2/h3-14,22,27-28H,1-2H3/b23-21-. The number of nitrogens with zero attached hydrogens (tertiary/aromatic N) is 1. The quantitative estimate of drug-likeness (QED) is 0.360. The molecular formula is C25H21NO6. The summed E-state index contributed by atoms with van der Waals surface area (Å²) in [5.41, 5.74) is 1.10. The van der Waals surface area contributed by atoms with Gasteiger partial charge in [-0.3, -0.25) is 14.5 Å². The molecule has 32 heavy (non-hydrogen) atoms. The lowest BCUT2D eigenvalue weighted by molar-refractivity contribution is -0.132. The Morgan fingerprint density at radius 3 is 2.28 bits per heavy atom. The lowest BCUT2D eigenvalue weighted by atomic mass is 9.94. The molecule has 1 heterocycles. The number of amides is 1. The Morgan fingerprint density at radius 2 is 1.62 bits per heavy atom. The number of phenolic OH excluding ortho intramolecular Hbond substituents is 1. The van der Waals surface area contributed by atoms with Gasteiger partial charge >= 0.3 is 0 Å². The molecule has 7 nitrogen and oxygen atoms in total. The van der Waals surface area contributed by atoms with Gasteiger partial charge in [-0.2, -0.15) is 0 Å². The van der Waals surface area contributed by atoms with E-state index in [2.05, 4.69) is 0 Å². The highest BCUT2D eigenvalue weighted by Gasteiger charge is 2.47. The van der Waals surface area contributed by atoms with Crippen LogP contribution in [0.5, 0.6) is 17.2 Å². The number of ether oxygens (including phenoxy) is 2. The second-order valence-electron chi connectivity index (χ2n) is 7.16. The number of aliphatic hydroxyl groups is 1. The summed E-state index contributed by atoms with van der Waals surface area (Å²) >= 11 is 0. The van der Waals surface area contributed by atoms with Crippen LogP contribution in [0, 0.1) is 0 Å². The first-order valence-electron chi connectivity index (χ1n) is 9.83. The number of Topliss-reactive ketones (excluding diaryl/α,β-unsaturated/α-hetero) is 1. The van der Waals surface area contributed by atoms with Crippen LogP contribution in [0.3, 0.4) is 0 Å². The van der Waals surface area contributed by atoms with Gasteiger partial charge in [-0.1, -0.05) is 24.3 Å². The molecule has 1 saturated heterocycles. The van der Waals surface area contributed by atoms with Gasteiger partial charge in [0, 0.05) is 5.69 Å². The molecule has 0 spiro atoms. The molecule has 7 heteroatoms. The average Bonchev–Trinajstić information content (AvgIpc) is 3.09. The molecule has 3 aromatic carbocycles. The predicted molar refractivity (Wildman–Crippen MR) is 119 cm³/mol. The molecule has 0 radical (unpaired) electrons. The Labute approximate surface area is 184 Å². The molecule has 1 fully saturated rings. The molecule has 2 N–H and O–H groups in total. The van der Waals surface area contributed by atoms with Crippen molar-refractivity contribution in [1.82, 2.24) is 0 Å². The third-order valence-corrected chi connectivity index (χ3v) is 5.34. The summed E-state index contributed by atoms with van der Waals surface area (Å²) in [5.74, 6) is -1.06. The summed E-state index contributed by atoms with van der Waals surface area (Å²) in [6.07, 6.45) is 0. The van der Waals surface area contributed by atoms with Crippen LogP contribution in [-0.2, 0) is 9.59 Å². The molecule has 1 unspecified atom stereocenters. The fourth-order valence-corrected chi connectivity index (χ4v) is 3.84. The molecule has 4 rings (SSSR count). The normalized spacial score (nSPS) is 17.4. The summed E-state index contributed by atoms with van der Waals surface area (Å²) < 4.78 is 10.5. The van der Waals surface area contributed by atoms with Gasteiger partial charge in [0.05, 0.1) is 31.4 Å². The van der Waals surface area contributed by atoms with Gasteiger partial charge in [0.2, 0.25) is 0 Å². The second kappa shape index (κ2) is 8.47. The monoisotopic (exact) mass is 431 g/mol. The highest BCUT2D eigenvalue weighted by molar-refractivity contribution is 6.51. The maximum Gasteiger partial charge on any atom is 0.300 e. The Kier molecular flexibility index (Phi) is 5.55. The number of carbonyl (C=O) groups excluding carboxylic acids is 2. The van der Waals surface area contributed by atoms with Gasteiger partial charge in [0.1, 0.15) is 23.0 Å². The molecule has 1 aliphatic heterocycles. The van der Waals surface area contributed by atoms with E-state index in [1.807, 2.05) is 0 Å². The van der Waals surface area contributed by atoms with Crippen molar-refractivity contribution in [2.45, 2.75) is 6.04 Å². The van der Waals surface area contributed by atoms with Crippen molar-refractivity contribution < 1.29 is 29.3 Å². The molecule has 0 aliphatic carbocycles. The number of methoxy groups -OCH3 is 2. The molecule has 162 valence electrons. The van der Waals surface area contributed by atoms with Crippen LogP contribution in [0.4, 0.5) is 5.69 Å². The van der Waals surface area contributed by atoms with E-state index in [0.717, 1.165) is 0 Å². The first-order chi connectivity index (χ1) is 15.5. The molecule has 3 aromatic rings. The zero-order valence-corrected chi connectivity index (χ0v) is 17.5. The fourth-order valence-electron chi connectivity index (χ4n) is 3.84. The molecule has 0 bridgehead atoms. The average molecular weight is 431 g/mol. The number of phenols is 1. The van der Waals surface area contributed by atoms with E-state index in [4.69, 9.17) is 9.47 Å². The van der Waals surface area contributed by atoms with Gasteiger partial charge in [-0.05, 0) is 54.1 Å². The maximum atomic E-state index is 13.2. The molecule has 1 atom stereocenters. The first kappa shape index (κ1) is 21.0. The van der Waals surface area contributed by atoms with Crippen LogP contribution in [0.1, 0.15) is 17.2 Å². The largest absolute Gasteiger partial charge is 0.508 e. The number of para-hydroxylation sites is 1. The minimum absolute atomic E-state index is 0.0277. The van der Waals surface area contributed by atoms with Crippen LogP contribution >= 0.6 is 0 Å². The van der Waals surface area contributed by atoms with Crippen molar-refractivity contribution in [2.75, 3.05) is 19.1 Å². The molecule has 1 amide bonds. The summed E-state index contributed by atoms with van der Waals surface area (Å²) in [7, 11) is 2.98. The van der Waals surface area contributed by atoms with Crippen molar-refractivity contribution >= 4 is 23.1 Å². The number of benzene rings is 3. The van der Waals surface area contributed by atoms with Gasteiger partial charge in [0.15, 0.2) is 0 Å². The van der Waals surface area contributed by atoms with E-state index in [9.17, 15) is 19.8 Å². The Morgan fingerprint density at radius 1 is 0.906 bits per heavy atom. The topological polar surface area (TPSA) is 96.3 Å². The molecule has 0 saturated carbocycles. The maximum absolute atomic E-state index is 13.2. The van der Waals surface area contributed by atoms with Crippen LogP contribution in [0.2, 0.25) is 0 Å². The summed E-state index contributed by atoms with van der Waals surface area (Å²) in [6, 6.07) is 18.6. The highest BCUT2D eigenvalue weighted by Crippen LogP contribution is 2.43. The SMILES string of the molecule is COc1ccc(N2C(=O)C(=O)/C(=C(\O)c3ccccc3OC)C2c2cccc(O)c2)cc1. The number of hydrogen-bond donors (Lipinski definition) is 2. The number of rotatable bonds is 5.